The topological polar surface area (TPSA) is 67.3 Å². The highest BCUT2D eigenvalue weighted by Gasteiger charge is 2.26. The van der Waals surface area contributed by atoms with Crippen molar-refractivity contribution in [3.63, 3.8) is 0 Å². The number of piperidine rings is 1. The number of nitrogens with one attached hydrogen (secondary N) is 1. The number of benzene rings is 1. The molecule has 7 heteroatoms. The Morgan fingerprint density at radius 2 is 2.16 bits per heavy atom. The highest BCUT2D eigenvalue weighted by Crippen LogP contribution is 2.20. The minimum absolute atomic E-state index is 0.0385. The Bertz CT molecular complexity index is 698. The quantitative estimate of drug-likeness (QED) is 0.749. The number of hydrogen-bond donors (Lipinski definition) is 1. The zero-order valence-corrected chi connectivity index (χ0v) is 15.5. The third-order valence-corrected chi connectivity index (χ3v) is 4.59. The van der Waals surface area contributed by atoms with Crippen molar-refractivity contribution in [1.82, 2.24) is 15.3 Å². The van der Waals surface area contributed by atoms with Crippen molar-refractivity contribution in [2.45, 2.75) is 12.8 Å². The van der Waals surface area contributed by atoms with Crippen molar-refractivity contribution in [1.29, 1.82) is 0 Å². The van der Waals surface area contributed by atoms with E-state index in [2.05, 4.69) is 36.1 Å². The van der Waals surface area contributed by atoms with Crippen LogP contribution in [0.2, 0.25) is 0 Å². The van der Waals surface area contributed by atoms with Crippen molar-refractivity contribution >= 4 is 27.8 Å². The second kappa shape index (κ2) is 8.80. The van der Waals surface area contributed by atoms with Gasteiger partial charge in [0.1, 0.15) is 12.4 Å². The van der Waals surface area contributed by atoms with Crippen LogP contribution in [0.3, 0.4) is 0 Å². The molecule has 0 saturated carbocycles. The van der Waals surface area contributed by atoms with Crippen LogP contribution in [-0.2, 0) is 4.79 Å². The Morgan fingerprint density at radius 3 is 2.96 bits per heavy atom. The molecule has 2 heterocycles. The average Bonchev–Trinajstić information content (AvgIpc) is 2.66. The molecule has 25 heavy (non-hydrogen) atoms. The predicted molar refractivity (Wildman–Crippen MR) is 99.6 cm³/mol. The number of halogens is 1. The Balaban J connectivity index is 1.43. The molecule has 132 valence electrons. The molecule has 1 N–H and O–H groups in total. The standard InChI is InChI=1S/C18H21BrN4O2/c19-15-5-1-6-16(12-15)25-11-9-20-17(24)14-4-2-10-23(13-14)18-21-7-3-8-22-18/h1,3,5-8,12,14H,2,4,9-11,13H2,(H,20,24). The van der Waals surface area contributed by atoms with Gasteiger partial charge in [0, 0.05) is 30.0 Å². The maximum absolute atomic E-state index is 12.4. The van der Waals surface area contributed by atoms with Crippen LogP contribution < -0.4 is 15.0 Å². The third kappa shape index (κ3) is 5.16. The van der Waals surface area contributed by atoms with E-state index < -0.39 is 0 Å². The Kier molecular flexibility index (Phi) is 6.22. The summed E-state index contributed by atoms with van der Waals surface area (Å²) < 4.78 is 6.61. The van der Waals surface area contributed by atoms with Gasteiger partial charge in [0.25, 0.3) is 0 Å². The van der Waals surface area contributed by atoms with Gasteiger partial charge < -0.3 is 15.0 Å². The van der Waals surface area contributed by atoms with Crippen LogP contribution in [-0.4, -0.2) is 42.1 Å². The van der Waals surface area contributed by atoms with E-state index in [1.165, 1.54) is 0 Å². The summed E-state index contributed by atoms with van der Waals surface area (Å²) in [6, 6.07) is 9.45. The summed E-state index contributed by atoms with van der Waals surface area (Å²) in [6.45, 7) is 2.48. The maximum atomic E-state index is 12.4. The minimum atomic E-state index is -0.0385. The molecule has 0 bridgehead atoms. The van der Waals surface area contributed by atoms with E-state index in [-0.39, 0.29) is 11.8 Å². The molecule has 1 aliphatic rings. The van der Waals surface area contributed by atoms with Crippen molar-refractivity contribution in [2.75, 3.05) is 31.1 Å². The van der Waals surface area contributed by atoms with Gasteiger partial charge in [-0.25, -0.2) is 9.97 Å². The molecule has 1 aliphatic heterocycles. The second-order valence-electron chi connectivity index (χ2n) is 5.93. The van der Waals surface area contributed by atoms with Crippen LogP contribution in [0.25, 0.3) is 0 Å². The summed E-state index contributed by atoms with van der Waals surface area (Å²) in [4.78, 5) is 23.0. The van der Waals surface area contributed by atoms with Crippen molar-refractivity contribution in [3.8, 4) is 5.75 Å². The van der Waals surface area contributed by atoms with Crippen LogP contribution in [0, 0.1) is 5.92 Å². The summed E-state index contributed by atoms with van der Waals surface area (Å²) >= 11 is 3.41. The highest BCUT2D eigenvalue weighted by atomic mass is 79.9. The van der Waals surface area contributed by atoms with Gasteiger partial charge in [0.05, 0.1) is 12.5 Å². The number of nitrogens with zero attached hydrogens (tertiary/aromatic N) is 3. The van der Waals surface area contributed by atoms with E-state index >= 15 is 0 Å². The first-order valence-electron chi connectivity index (χ1n) is 8.40. The summed E-state index contributed by atoms with van der Waals surface area (Å²) in [5, 5.41) is 2.97. The van der Waals surface area contributed by atoms with Gasteiger partial charge >= 0.3 is 0 Å². The lowest BCUT2D eigenvalue weighted by atomic mass is 9.97. The fraction of sp³-hybridized carbons (Fsp3) is 0.389. The largest absolute Gasteiger partial charge is 0.492 e. The van der Waals surface area contributed by atoms with Gasteiger partial charge in [-0.05, 0) is 37.1 Å². The van der Waals surface area contributed by atoms with Crippen LogP contribution in [0.1, 0.15) is 12.8 Å². The molecule has 2 aromatic rings. The summed E-state index contributed by atoms with van der Waals surface area (Å²) in [6.07, 6.45) is 5.31. The van der Waals surface area contributed by atoms with Crippen LogP contribution in [0.15, 0.2) is 47.2 Å². The summed E-state index contributed by atoms with van der Waals surface area (Å²) in [5.41, 5.74) is 0. The Labute approximate surface area is 155 Å². The number of rotatable bonds is 6. The molecular formula is C18H21BrN4O2. The van der Waals surface area contributed by atoms with E-state index in [0.29, 0.717) is 25.6 Å². The fourth-order valence-electron chi connectivity index (χ4n) is 2.87. The first kappa shape index (κ1) is 17.7. The molecule has 1 saturated heterocycles. The number of hydrogen-bond acceptors (Lipinski definition) is 5. The first-order valence-corrected chi connectivity index (χ1v) is 9.20. The van der Waals surface area contributed by atoms with Crippen LogP contribution >= 0.6 is 15.9 Å². The fourth-order valence-corrected chi connectivity index (χ4v) is 3.25. The number of aromatic nitrogens is 2. The third-order valence-electron chi connectivity index (χ3n) is 4.09. The molecule has 0 spiro atoms. The molecule has 1 unspecified atom stereocenters. The molecule has 1 amide bonds. The molecule has 1 aromatic carbocycles. The number of anilines is 1. The highest BCUT2D eigenvalue weighted by molar-refractivity contribution is 9.10. The first-order chi connectivity index (χ1) is 12.2. The lowest BCUT2D eigenvalue weighted by Gasteiger charge is -2.31. The lowest BCUT2D eigenvalue weighted by Crippen LogP contribution is -2.44. The lowest BCUT2D eigenvalue weighted by molar-refractivity contribution is -0.125. The second-order valence-corrected chi connectivity index (χ2v) is 6.85. The minimum Gasteiger partial charge on any atom is -0.492 e. The zero-order chi connectivity index (χ0) is 17.5. The number of carbonyl (C=O) groups excluding carboxylic acids is 1. The Morgan fingerprint density at radius 1 is 1.32 bits per heavy atom. The molecule has 1 aromatic heterocycles. The maximum Gasteiger partial charge on any atom is 0.225 e. The van der Waals surface area contributed by atoms with Crippen molar-refractivity contribution in [2.24, 2.45) is 5.92 Å². The van der Waals surface area contributed by atoms with E-state index in [0.717, 1.165) is 29.6 Å². The van der Waals surface area contributed by atoms with Gasteiger partial charge in [-0.1, -0.05) is 22.0 Å². The molecular weight excluding hydrogens is 384 g/mol. The molecule has 1 fully saturated rings. The normalized spacial score (nSPS) is 17.2. The van der Waals surface area contributed by atoms with Crippen LogP contribution in [0.5, 0.6) is 5.75 Å². The van der Waals surface area contributed by atoms with E-state index in [1.807, 2.05) is 24.3 Å². The predicted octanol–water partition coefficient (Wildman–Crippen LogP) is 2.65. The summed E-state index contributed by atoms with van der Waals surface area (Å²) in [5.74, 6) is 1.51. The van der Waals surface area contributed by atoms with Gasteiger partial charge in [-0.3, -0.25) is 4.79 Å². The summed E-state index contributed by atoms with van der Waals surface area (Å²) in [7, 11) is 0. The number of carbonyl (C=O) groups is 1. The number of ether oxygens (including phenoxy) is 1. The molecule has 0 aliphatic carbocycles. The van der Waals surface area contributed by atoms with Crippen LogP contribution in [0.4, 0.5) is 5.95 Å². The molecule has 3 rings (SSSR count). The smallest absolute Gasteiger partial charge is 0.225 e. The number of amides is 1. The Hall–Kier alpha value is -2.15. The molecule has 6 nitrogen and oxygen atoms in total. The SMILES string of the molecule is O=C(NCCOc1cccc(Br)c1)C1CCCN(c2ncccn2)C1. The van der Waals surface area contributed by atoms with Gasteiger partial charge in [-0.15, -0.1) is 0 Å². The van der Waals surface area contributed by atoms with Gasteiger partial charge in [-0.2, -0.15) is 0 Å². The molecule has 1 atom stereocenters. The van der Waals surface area contributed by atoms with Crippen molar-refractivity contribution < 1.29 is 9.53 Å². The van der Waals surface area contributed by atoms with E-state index in [9.17, 15) is 4.79 Å². The van der Waals surface area contributed by atoms with Gasteiger partial charge in [0.2, 0.25) is 11.9 Å². The van der Waals surface area contributed by atoms with E-state index in [4.69, 9.17) is 4.74 Å². The van der Waals surface area contributed by atoms with Gasteiger partial charge in [0.15, 0.2) is 0 Å². The molecule has 0 radical (unpaired) electrons. The van der Waals surface area contributed by atoms with E-state index in [1.54, 1.807) is 18.5 Å². The average molecular weight is 405 g/mol. The zero-order valence-electron chi connectivity index (χ0n) is 13.9. The monoisotopic (exact) mass is 404 g/mol. The van der Waals surface area contributed by atoms with Crippen molar-refractivity contribution in [3.05, 3.63) is 47.2 Å².